The highest BCUT2D eigenvalue weighted by molar-refractivity contribution is 5.51. The SMILES string of the molecule is OCC(CO)NCc1cc2c(cc1O)OCO2. The molecule has 1 heterocycles. The van der Waals surface area contributed by atoms with E-state index in [1.165, 1.54) is 6.07 Å². The van der Waals surface area contributed by atoms with Crippen molar-refractivity contribution in [3.63, 3.8) is 0 Å². The van der Waals surface area contributed by atoms with Gasteiger partial charge in [-0.2, -0.15) is 0 Å². The summed E-state index contributed by atoms with van der Waals surface area (Å²) in [5, 5.41) is 30.4. The summed E-state index contributed by atoms with van der Waals surface area (Å²) in [6, 6.07) is 2.77. The second-order valence-electron chi connectivity index (χ2n) is 3.78. The van der Waals surface area contributed by atoms with Crippen molar-refractivity contribution < 1.29 is 24.8 Å². The van der Waals surface area contributed by atoms with Gasteiger partial charge >= 0.3 is 0 Å². The average molecular weight is 241 g/mol. The number of benzene rings is 1. The maximum Gasteiger partial charge on any atom is 0.231 e. The molecule has 0 saturated carbocycles. The van der Waals surface area contributed by atoms with Gasteiger partial charge in [-0.1, -0.05) is 0 Å². The van der Waals surface area contributed by atoms with E-state index in [-0.39, 0.29) is 25.8 Å². The molecule has 0 radical (unpaired) electrons. The number of rotatable bonds is 5. The maximum absolute atomic E-state index is 9.73. The normalized spacial score (nSPS) is 13.4. The molecule has 4 N–H and O–H groups in total. The van der Waals surface area contributed by atoms with Gasteiger partial charge in [0.2, 0.25) is 6.79 Å². The molecule has 0 bridgehead atoms. The third-order valence-corrected chi connectivity index (χ3v) is 2.60. The lowest BCUT2D eigenvalue weighted by atomic mass is 10.1. The number of phenolic OH excluding ortho intramolecular Hbond substituents is 1. The van der Waals surface area contributed by atoms with Crippen molar-refractivity contribution in [2.75, 3.05) is 20.0 Å². The second-order valence-corrected chi connectivity index (χ2v) is 3.78. The predicted molar refractivity (Wildman–Crippen MR) is 59.0 cm³/mol. The van der Waals surface area contributed by atoms with Gasteiger partial charge in [0.05, 0.1) is 19.3 Å². The van der Waals surface area contributed by atoms with E-state index in [4.69, 9.17) is 19.7 Å². The molecular formula is C11H15NO5. The minimum Gasteiger partial charge on any atom is -0.507 e. The first-order valence-electron chi connectivity index (χ1n) is 5.31. The number of phenols is 1. The molecule has 2 rings (SSSR count). The van der Waals surface area contributed by atoms with Crippen LogP contribution in [-0.2, 0) is 6.54 Å². The van der Waals surface area contributed by atoms with Gasteiger partial charge in [-0.3, -0.25) is 0 Å². The summed E-state index contributed by atoms with van der Waals surface area (Å²) in [7, 11) is 0. The van der Waals surface area contributed by atoms with Crippen LogP contribution in [0.1, 0.15) is 5.56 Å². The van der Waals surface area contributed by atoms with Crippen LogP contribution in [0.4, 0.5) is 0 Å². The van der Waals surface area contributed by atoms with E-state index < -0.39 is 6.04 Å². The number of ether oxygens (including phenoxy) is 2. The minimum absolute atomic E-state index is 0.0939. The number of aliphatic hydroxyl groups excluding tert-OH is 2. The monoisotopic (exact) mass is 241 g/mol. The first-order chi connectivity index (χ1) is 8.24. The molecule has 6 nitrogen and oxygen atoms in total. The Morgan fingerprint density at radius 3 is 2.47 bits per heavy atom. The highest BCUT2D eigenvalue weighted by Crippen LogP contribution is 2.37. The van der Waals surface area contributed by atoms with Crippen molar-refractivity contribution in [2.45, 2.75) is 12.6 Å². The summed E-state index contributed by atoms with van der Waals surface area (Å²) in [6.07, 6.45) is 0. The smallest absolute Gasteiger partial charge is 0.231 e. The minimum atomic E-state index is -0.403. The number of aromatic hydroxyl groups is 1. The van der Waals surface area contributed by atoms with Crippen LogP contribution in [0, 0.1) is 0 Å². The summed E-state index contributed by atoms with van der Waals surface area (Å²) in [6.45, 7) is 0.152. The topological polar surface area (TPSA) is 91.2 Å². The number of hydrogen-bond acceptors (Lipinski definition) is 6. The van der Waals surface area contributed by atoms with E-state index in [2.05, 4.69) is 5.32 Å². The fourth-order valence-electron chi connectivity index (χ4n) is 1.56. The molecule has 0 aliphatic carbocycles. The maximum atomic E-state index is 9.73. The fraction of sp³-hybridized carbons (Fsp3) is 0.455. The Bertz CT molecular complexity index is 392. The Labute approximate surface area is 98.4 Å². The van der Waals surface area contributed by atoms with Gasteiger partial charge in [0.25, 0.3) is 0 Å². The van der Waals surface area contributed by atoms with Gasteiger partial charge in [-0.15, -0.1) is 0 Å². The number of aliphatic hydroxyl groups is 2. The molecule has 94 valence electrons. The summed E-state index contributed by atoms with van der Waals surface area (Å²) in [5.74, 6) is 1.20. The average Bonchev–Trinajstić information content (AvgIpc) is 2.77. The Morgan fingerprint density at radius 2 is 1.82 bits per heavy atom. The summed E-state index contributed by atoms with van der Waals surface area (Å²) >= 11 is 0. The predicted octanol–water partition coefficient (Wildman–Crippen LogP) is -0.436. The van der Waals surface area contributed by atoms with Crippen LogP contribution >= 0.6 is 0 Å². The quantitative estimate of drug-likeness (QED) is 0.559. The Hall–Kier alpha value is -1.50. The molecule has 1 aliphatic rings. The Kier molecular flexibility index (Phi) is 3.68. The van der Waals surface area contributed by atoms with Crippen molar-refractivity contribution in [1.82, 2.24) is 5.32 Å². The largest absolute Gasteiger partial charge is 0.507 e. The van der Waals surface area contributed by atoms with Gasteiger partial charge in [-0.25, -0.2) is 0 Å². The van der Waals surface area contributed by atoms with Gasteiger partial charge < -0.3 is 30.1 Å². The van der Waals surface area contributed by atoms with E-state index >= 15 is 0 Å². The zero-order chi connectivity index (χ0) is 12.3. The van der Waals surface area contributed by atoms with Gasteiger partial charge in [0, 0.05) is 18.2 Å². The summed E-state index contributed by atoms with van der Waals surface area (Å²) < 4.78 is 10.3. The first-order valence-corrected chi connectivity index (χ1v) is 5.31. The van der Waals surface area contributed by atoms with Crippen LogP contribution in [0.25, 0.3) is 0 Å². The summed E-state index contributed by atoms with van der Waals surface area (Å²) in [4.78, 5) is 0. The lowest BCUT2D eigenvalue weighted by molar-refractivity contribution is 0.170. The van der Waals surface area contributed by atoms with Crippen LogP contribution in [-0.4, -0.2) is 41.4 Å². The molecule has 0 saturated heterocycles. The van der Waals surface area contributed by atoms with E-state index in [0.29, 0.717) is 23.6 Å². The second kappa shape index (κ2) is 5.22. The molecule has 0 spiro atoms. The van der Waals surface area contributed by atoms with Crippen LogP contribution in [0.2, 0.25) is 0 Å². The fourth-order valence-corrected chi connectivity index (χ4v) is 1.56. The molecule has 1 aliphatic heterocycles. The Morgan fingerprint density at radius 1 is 1.18 bits per heavy atom. The Balaban J connectivity index is 2.06. The number of fused-ring (bicyclic) bond motifs is 1. The highest BCUT2D eigenvalue weighted by Gasteiger charge is 2.17. The van der Waals surface area contributed by atoms with Crippen molar-refractivity contribution in [2.24, 2.45) is 0 Å². The van der Waals surface area contributed by atoms with E-state index in [1.54, 1.807) is 6.07 Å². The van der Waals surface area contributed by atoms with Gasteiger partial charge in [0.15, 0.2) is 11.5 Å². The number of hydrogen-bond donors (Lipinski definition) is 4. The van der Waals surface area contributed by atoms with Crippen molar-refractivity contribution in [1.29, 1.82) is 0 Å². The van der Waals surface area contributed by atoms with Crippen molar-refractivity contribution in [3.05, 3.63) is 17.7 Å². The molecule has 0 amide bonds. The molecule has 0 aromatic heterocycles. The van der Waals surface area contributed by atoms with Crippen LogP contribution in [0.5, 0.6) is 17.2 Å². The standard InChI is InChI=1S/C11H15NO5/c13-4-8(5-14)12-3-7-1-10-11(2-9(7)15)17-6-16-10/h1-2,8,12-15H,3-6H2. The zero-order valence-corrected chi connectivity index (χ0v) is 9.22. The van der Waals surface area contributed by atoms with Crippen LogP contribution in [0.15, 0.2) is 12.1 Å². The van der Waals surface area contributed by atoms with Gasteiger partial charge in [-0.05, 0) is 6.07 Å². The molecule has 6 heteroatoms. The first kappa shape index (κ1) is 12.0. The molecule has 0 atom stereocenters. The molecule has 1 aromatic rings. The van der Waals surface area contributed by atoms with Crippen LogP contribution < -0.4 is 14.8 Å². The highest BCUT2D eigenvalue weighted by atomic mass is 16.7. The van der Waals surface area contributed by atoms with Gasteiger partial charge in [0.1, 0.15) is 5.75 Å². The summed E-state index contributed by atoms with van der Waals surface area (Å²) in [5.41, 5.74) is 0.626. The number of nitrogens with one attached hydrogen (secondary N) is 1. The third kappa shape index (κ3) is 2.60. The third-order valence-electron chi connectivity index (χ3n) is 2.60. The van der Waals surface area contributed by atoms with Crippen molar-refractivity contribution in [3.8, 4) is 17.2 Å². The molecule has 0 fully saturated rings. The van der Waals surface area contributed by atoms with Crippen LogP contribution in [0.3, 0.4) is 0 Å². The molecule has 17 heavy (non-hydrogen) atoms. The van der Waals surface area contributed by atoms with E-state index in [1.807, 2.05) is 0 Å². The molecule has 1 aromatic carbocycles. The lowest BCUT2D eigenvalue weighted by Crippen LogP contribution is -2.35. The molecule has 0 unspecified atom stereocenters. The molecular weight excluding hydrogens is 226 g/mol. The van der Waals surface area contributed by atoms with Crippen molar-refractivity contribution >= 4 is 0 Å². The zero-order valence-electron chi connectivity index (χ0n) is 9.22. The van der Waals surface area contributed by atoms with E-state index in [9.17, 15) is 5.11 Å². The van der Waals surface area contributed by atoms with E-state index in [0.717, 1.165) is 0 Å². The lowest BCUT2D eigenvalue weighted by Gasteiger charge is -2.14.